The van der Waals surface area contributed by atoms with Crippen molar-refractivity contribution in [3.8, 4) is 0 Å². The minimum atomic E-state index is -0.396. The van der Waals surface area contributed by atoms with E-state index in [9.17, 15) is 4.79 Å². The van der Waals surface area contributed by atoms with E-state index in [0.29, 0.717) is 18.9 Å². The zero-order valence-electron chi connectivity index (χ0n) is 17.2. The largest absolute Gasteiger partial charge is 0.490 e. The van der Waals surface area contributed by atoms with E-state index in [1.807, 2.05) is 13.0 Å². The highest BCUT2D eigenvalue weighted by Gasteiger charge is 2.53. The van der Waals surface area contributed by atoms with E-state index < -0.39 is 7.12 Å². The van der Waals surface area contributed by atoms with Crippen molar-refractivity contribution in [2.24, 2.45) is 5.92 Å². The van der Waals surface area contributed by atoms with Crippen LogP contribution < -0.4 is 0 Å². The van der Waals surface area contributed by atoms with Crippen LogP contribution in [0.5, 0.6) is 0 Å². The number of carbonyl (C=O) groups excluding carboxylic acids is 1. The lowest BCUT2D eigenvalue weighted by atomic mass is 9.63. The van der Waals surface area contributed by atoms with Gasteiger partial charge in [-0.3, -0.25) is 4.79 Å². The van der Waals surface area contributed by atoms with Gasteiger partial charge in [-0.1, -0.05) is 30.9 Å². The minimum absolute atomic E-state index is 0.186. The molecule has 0 aromatic heterocycles. The summed E-state index contributed by atoms with van der Waals surface area (Å²) in [4.78, 5) is 12.2. The van der Waals surface area contributed by atoms with Crippen molar-refractivity contribution in [1.29, 1.82) is 0 Å². The maximum atomic E-state index is 12.2. The molecule has 4 nitrogen and oxygen atoms in total. The predicted octanol–water partition coefficient (Wildman–Crippen LogP) is 5.02. The van der Waals surface area contributed by atoms with Gasteiger partial charge in [0.1, 0.15) is 0 Å². The molecule has 0 aromatic rings. The lowest BCUT2D eigenvalue weighted by Gasteiger charge is -2.32. The van der Waals surface area contributed by atoms with E-state index >= 15 is 0 Å². The Kier molecular flexibility index (Phi) is 7.15. The van der Waals surface area contributed by atoms with E-state index in [1.54, 1.807) is 0 Å². The first-order valence-corrected chi connectivity index (χ1v) is 10.1. The molecule has 1 aliphatic carbocycles. The monoisotopic (exact) mass is 362 g/mol. The summed E-state index contributed by atoms with van der Waals surface area (Å²) in [7, 11) is -0.396. The van der Waals surface area contributed by atoms with Crippen LogP contribution in [-0.2, 0) is 18.8 Å². The Labute approximate surface area is 159 Å². The number of rotatable bonds is 7. The van der Waals surface area contributed by atoms with Crippen molar-refractivity contribution >= 4 is 13.1 Å². The first-order valence-electron chi connectivity index (χ1n) is 10.1. The van der Waals surface area contributed by atoms with E-state index in [2.05, 4.69) is 34.3 Å². The fourth-order valence-corrected chi connectivity index (χ4v) is 3.88. The molecule has 2 fully saturated rings. The van der Waals surface area contributed by atoms with Gasteiger partial charge in [-0.2, -0.15) is 0 Å². The molecule has 0 bridgehead atoms. The molecule has 0 amide bonds. The van der Waals surface area contributed by atoms with Crippen molar-refractivity contribution in [3.63, 3.8) is 0 Å². The Bertz CT molecular complexity index is 528. The molecular weight excluding hydrogens is 327 g/mol. The molecule has 0 N–H and O–H groups in total. The SMILES string of the molecule is C=CC/C(CC(=O)OCC)=C(\B1OC(C)(C)C(C)(C)O1)C1CCCCC1. The van der Waals surface area contributed by atoms with Gasteiger partial charge in [0.15, 0.2) is 0 Å². The fraction of sp³-hybridized carbons (Fsp3) is 0.762. The Morgan fingerprint density at radius 2 is 1.73 bits per heavy atom. The zero-order chi connectivity index (χ0) is 19.4. The average molecular weight is 362 g/mol. The van der Waals surface area contributed by atoms with Crippen LogP contribution in [0, 0.1) is 5.92 Å². The van der Waals surface area contributed by atoms with Crippen LogP contribution in [0.3, 0.4) is 0 Å². The van der Waals surface area contributed by atoms with Crippen molar-refractivity contribution in [1.82, 2.24) is 0 Å². The zero-order valence-corrected chi connectivity index (χ0v) is 17.2. The summed E-state index contributed by atoms with van der Waals surface area (Å²) in [5.74, 6) is 0.219. The number of hydrogen-bond acceptors (Lipinski definition) is 4. The molecule has 0 aromatic carbocycles. The van der Waals surface area contributed by atoms with Gasteiger partial charge in [-0.25, -0.2) is 0 Å². The maximum absolute atomic E-state index is 12.2. The summed E-state index contributed by atoms with van der Waals surface area (Å²) in [6.07, 6.45) is 8.78. The van der Waals surface area contributed by atoms with Gasteiger partial charge in [-0.15, -0.1) is 6.58 Å². The molecule has 0 atom stereocenters. The van der Waals surface area contributed by atoms with Gasteiger partial charge in [-0.05, 0) is 65.3 Å². The molecule has 0 unspecified atom stereocenters. The van der Waals surface area contributed by atoms with E-state index in [4.69, 9.17) is 14.0 Å². The van der Waals surface area contributed by atoms with Gasteiger partial charge in [0.05, 0.1) is 24.2 Å². The van der Waals surface area contributed by atoms with E-state index in [1.165, 1.54) is 19.3 Å². The third kappa shape index (κ3) is 4.80. The van der Waals surface area contributed by atoms with Crippen LogP contribution in [0.4, 0.5) is 0 Å². The van der Waals surface area contributed by atoms with Gasteiger partial charge >= 0.3 is 13.1 Å². The first-order chi connectivity index (χ1) is 12.2. The third-order valence-electron chi connectivity index (χ3n) is 6.01. The maximum Gasteiger partial charge on any atom is 0.490 e. The molecule has 0 radical (unpaired) electrons. The summed E-state index contributed by atoms with van der Waals surface area (Å²) < 4.78 is 18.0. The lowest BCUT2D eigenvalue weighted by molar-refractivity contribution is -0.142. The first kappa shape index (κ1) is 21.2. The molecule has 26 heavy (non-hydrogen) atoms. The van der Waals surface area contributed by atoms with Crippen molar-refractivity contribution < 1.29 is 18.8 Å². The molecule has 1 aliphatic heterocycles. The fourth-order valence-electron chi connectivity index (χ4n) is 3.88. The van der Waals surface area contributed by atoms with Crippen LogP contribution in [0.1, 0.15) is 79.6 Å². The van der Waals surface area contributed by atoms with E-state index in [0.717, 1.165) is 23.9 Å². The van der Waals surface area contributed by atoms with Gasteiger partial charge in [0.25, 0.3) is 0 Å². The third-order valence-corrected chi connectivity index (χ3v) is 6.01. The van der Waals surface area contributed by atoms with Crippen LogP contribution >= 0.6 is 0 Å². The van der Waals surface area contributed by atoms with Crippen molar-refractivity contribution in [2.75, 3.05) is 6.61 Å². The normalized spacial score (nSPS) is 23.5. The average Bonchev–Trinajstić information content (AvgIpc) is 2.76. The Morgan fingerprint density at radius 3 is 2.23 bits per heavy atom. The minimum Gasteiger partial charge on any atom is -0.466 e. The topological polar surface area (TPSA) is 44.8 Å². The standard InChI is InChI=1S/C21H35BO4/c1-7-12-17(15-18(23)24-8-2)19(16-13-10-9-11-14-16)22-25-20(3,4)21(5,6)26-22/h7,16H,1,8-15H2,2-6H3/b19-17+. The van der Waals surface area contributed by atoms with Crippen molar-refractivity contribution in [2.45, 2.75) is 90.8 Å². The molecule has 1 saturated heterocycles. The van der Waals surface area contributed by atoms with Gasteiger partial charge < -0.3 is 14.0 Å². The second-order valence-electron chi connectivity index (χ2n) is 8.46. The summed E-state index contributed by atoms with van der Waals surface area (Å²) >= 11 is 0. The Morgan fingerprint density at radius 1 is 1.15 bits per heavy atom. The number of carbonyl (C=O) groups is 1. The molecule has 1 saturated carbocycles. The smallest absolute Gasteiger partial charge is 0.466 e. The van der Waals surface area contributed by atoms with Crippen LogP contribution in [0.25, 0.3) is 0 Å². The van der Waals surface area contributed by atoms with Crippen LogP contribution in [-0.4, -0.2) is 30.9 Å². The summed E-state index contributed by atoms with van der Waals surface area (Å²) in [5, 5.41) is 0. The molecule has 2 rings (SSSR count). The summed E-state index contributed by atoms with van der Waals surface area (Å²) in [5.41, 5.74) is 1.45. The van der Waals surface area contributed by atoms with Crippen LogP contribution in [0.15, 0.2) is 23.7 Å². The second-order valence-corrected chi connectivity index (χ2v) is 8.46. The lowest BCUT2D eigenvalue weighted by Crippen LogP contribution is -2.41. The highest BCUT2D eigenvalue weighted by Crippen LogP contribution is 2.43. The summed E-state index contributed by atoms with van der Waals surface area (Å²) in [6.45, 7) is 14.4. The highest BCUT2D eigenvalue weighted by molar-refractivity contribution is 6.55. The quantitative estimate of drug-likeness (QED) is 0.362. The Hall–Kier alpha value is -1.07. The number of allylic oxidation sites excluding steroid dienone is 2. The van der Waals surface area contributed by atoms with Gasteiger partial charge in [0.2, 0.25) is 0 Å². The molecule has 2 aliphatic rings. The molecule has 1 heterocycles. The summed E-state index contributed by atoms with van der Waals surface area (Å²) in [6, 6.07) is 0. The van der Waals surface area contributed by atoms with E-state index in [-0.39, 0.29) is 23.6 Å². The predicted molar refractivity (Wildman–Crippen MR) is 106 cm³/mol. The second kappa shape index (κ2) is 8.75. The molecule has 146 valence electrons. The van der Waals surface area contributed by atoms with Crippen LogP contribution in [0.2, 0.25) is 0 Å². The molecule has 0 spiro atoms. The highest BCUT2D eigenvalue weighted by atomic mass is 16.7. The Balaban J connectivity index is 2.40. The number of esters is 1. The van der Waals surface area contributed by atoms with Gasteiger partial charge in [0, 0.05) is 0 Å². The molecular formula is C21H35BO4. The number of ether oxygens (including phenoxy) is 1. The number of hydrogen-bond donors (Lipinski definition) is 0. The molecule has 5 heteroatoms. The van der Waals surface area contributed by atoms with Crippen molar-refractivity contribution in [3.05, 3.63) is 23.7 Å².